The van der Waals surface area contributed by atoms with Gasteiger partial charge in [-0.15, -0.1) is 11.3 Å². The second-order valence-electron chi connectivity index (χ2n) is 4.84. The number of thiophene rings is 1. The Kier molecular flexibility index (Phi) is 3.64. The first-order chi connectivity index (χ1) is 8.45. The van der Waals surface area contributed by atoms with Crippen LogP contribution < -0.4 is 5.32 Å². The fourth-order valence-electron chi connectivity index (χ4n) is 2.63. The van der Waals surface area contributed by atoms with Gasteiger partial charge in [0.25, 0.3) is 0 Å². The summed E-state index contributed by atoms with van der Waals surface area (Å²) < 4.78 is 5.76. The van der Waals surface area contributed by atoms with Crippen molar-refractivity contribution in [2.45, 2.75) is 40.7 Å². The smallest absolute Gasteiger partial charge is 0.106 e. The molecule has 0 spiro atoms. The van der Waals surface area contributed by atoms with Gasteiger partial charge in [-0.1, -0.05) is 0 Å². The molecule has 0 bridgehead atoms. The molecule has 2 nitrogen and oxygen atoms in total. The lowest BCUT2D eigenvalue weighted by Crippen LogP contribution is -2.19. The summed E-state index contributed by atoms with van der Waals surface area (Å²) in [5.74, 6) is 2.04. The van der Waals surface area contributed by atoms with Crippen LogP contribution in [0.1, 0.15) is 44.0 Å². The Labute approximate surface area is 113 Å². The van der Waals surface area contributed by atoms with Gasteiger partial charge in [-0.2, -0.15) is 0 Å². The van der Waals surface area contributed by atoms with E-state index in [0.717, 1.165) is 11.5 Å². The van der Waals surface area contributed by atoms with Crippen molar-refractivity contribution in [3.63, 3.8) is 0 Å². The molecule has 1 unspecified atom stereocenters. The molecule has 1 N–H and O–H groups in total. The average Bonchev–Trinajstić information content (AvgIpc) is 2.74. The predicted octanol–water partition coefficient (Wildman–Crippen LogP) is 4.19. The molecule has 2 aromatic rings. The van der Waals surface area contributed by atoms with Crippen LogP contribution in [-0.2, 0) is 0 Å². The zero-order valence-corrected chi connectivity index (χ0v) is 12.8. The third-order valence-corrected chi connectivity index (χ3v) is 4.57. The van der Waals surface area contributed by atoms with Crippen LogP contribution in [0.2, 0.25) is 0 Å². The topological polar surface area (TPSA) is 25.2 Å². The van der Waals surface area contributed by atoms with Crippen LogP contribution in [0.4, 0.5) is 0 Å². The minimum atomic E-state index is 0.229. The van der Waals surface area contributed by atoms with E-state index in [1.165, 1.54) is 26.4 Å². The highest BCUT2D eigenvalue weighted by Gasteiger charge is 2.23. The molecule has 2 heterocycles. The van der Waals surface area contributed by atoms with Gasteiger partial charge in [0.05, 0.1) is 6.04 Å². The fourth-order valence-corrected chi connectivity index (χ4v) is 3.59. The summed E-state index contributed by atoms with van der Waals surface area (Å²) in [5, 5.41) is 3.43. The molecule has 18 heavy (non-hydrogen) atoms. The quantitative estimate of drug-likeness (QED) is 0.898. The SMILES string of the molecule is CNC(c1cc(C)sc1C)c1c(C)oc(C)c1C. The van der Waals surface area contributed by atoms with Gasteiger partial charge in [0.2, 0.25) is 0 Å². The molecule has 0 radical (unpaired) electrons. The van der Waals surface area contributed by atoms with Gasteiger partial charge in [-0.3, -0.25) is 0 Å². The molecule has 3 heteroatoms. The Bertz CT molecular complexity index is 565. The van der Waals surface area contributed by atoms with Crippen LogP contribution in [0.25, 0.3) is 0 Å². The van der Waals surface area contributed by atoms with E-state index in [-0.39, 0.29) is 6.04 Å². The summed E-state index contributed by atoms with van der Waals surface area (Å²) in [5.41, 5.74) is 3.91. The number of furan rings is 1. The number of rotatable bonds is 3. The molecule has 2 rings (SSSR count). The molecular weight excluding hydrogens is 242 g/mol. The Morgan fingerprint density at radius 1 is 1.11 bits per heavy atom. The summed E-state index contributed by atoms with van der Waals surface area (Å²) in [6, 6.07) is 2.51. The van der Waals surface area contributed by atoms with Crippen molar-refractivity contribution in [1.29, 1.82) is 0 Å². The molecule has 0 saturated heterocycles. The molecule has 0 aliphatic carbocycles. The standard InChI is InChI=1S/C15H21NOS/c1-8-7-13(12(5)18-8)15(16-6)14-9(2)10(3)17-11(14)4/h7,15-16H,1-6H3. The van der Waals surface area contributed by atoms with Crippen LogP contribution in [0.3, 0.4) is 0 Å². The van der Waals surface area contributed by atoms with E-state index in [9.17, 15) is 0 Å². The summed E-state index contributed by atoms with van der Waals surface area (Å²) in [6.07, 6.45) is 0. The molecule has 0 aliphatic heterocycles. The first kappa shape index (κ1) is 13.4. The van der Waals surface area contributed by atoms with Crippen LogP contribution in [0.5, 0.6) is 0 Å². The van der Waals surface area contributed by atoms with E-state index >= 15 is 0 Å². The maximum atomic E-state index is 5.76. The normalized spacial score (nSPS) is 13.0. The van der Waals surface area contributed by atoms with Gasteiger partial charge in [0, 0.05) is 15.3 Å². The molecule has 1 atom stereocenters. The van der Waals surface area contributed by atoms with E-state index < -0.39 is 0 Å². The highest BCUT2D eigenvalue weighted by Crippen LogP contribution is 2.35. The Hall–Kier alpha value is -1.06. The molecule has 2 aromatic heterocycles. The van der Waals surface area contributed by atoms with Crippen molar-refractivity contribution in [2.75, 3.05) is 7.05 Å². The number of nitrogens with one attached hydrogen (secondary N) is 1. The van der Waals surface area contributed by atoms with Gasteiger partial charge < -0.3 is 9.73 Å². The largest absolute Gasteiger partial charge is 0.466 e. The van der Waals surface area contributed by atoms with Crippen molar-refractivity contribution in [1.82, 2.24) is 5.32 Å². The Balaban J connectivity index is 2.55. The minimum absolute atomic E-state index is 0.229. The van der Waals surface area contributed by atoms with Gasteiger partial charge in [-0.05, 0) is 58.9 Å². The first-order valence-electron chi connectivity index (χ1n) is 6.26. The summed E-state index contributed by atoms with van der Waals surface area (Å²) in [7, 11) is 2.01. The average molecular weight is 263 g/mol. The Morgan fingerprint density at radius 2 is 1.78 bits per heavy atom. The first-order valence-corrected chi connectivity index (χ1v) is 7.08. The van der Waals surface area contributed by atoms with E-state index in [0.29, 0.717) is 0 Å². The minimum Gasteiger partial charge on any atom is -0.466 e. The fraction of sp³-hybridized carbons (Fsp3) is 0.467. The summed E-state index contributed by atoms with van der Waals surface area (Å²) in [6.45, 7) is 10.6. The molecule has 0 amide bonds. The van der Waals surface area contributed by atoms with Crippen LogP contribution >= 0.6 is 11.3 Å². The Morgan fingerprint density at radius 3 is 2.17 bits per heavy atom. The lowest BCUT2D eigenvalue weighted by molar-refractivity contribution is 0.495. The monoisotopic (exact) mass is 263 g/mol. The predicted molar refractivity (Wildman–Crippen MR) is 77.6 cm³/mol. The van der Waals surface area contributed by atoms with Gasteiger partial charge in [-0.25, -0.2) is 0 Å². The van der Waals surface area contributed by atoms with Crippen molar-refractivity contribution < 1.29 is 4.42 Å². The van der Waals surface area contributed by atoms with Crippen molar-refractivity contribution in [3.05, 3.63) is 44.0 Å². The molecule has 0 fully saturated rings. The lowest BCUT2D eigenvalue weighted by Gasteiger charge is -2.17. The third-order valence-electron chi connectivity index (χ3n) is 3.59. The molecule has 0 saturated carbocycles. The highest BCUT2D eigenvalue weighted by atomic mass is 32.1. The molecule has 0 aliphatic rings. The van der Waals surface area contributed by atoms with Crippen LogP contribution in [0.15, 0.2) is 10.5 Å². The maximum Gasteiger partial charge on any atom is 0.106 e. The van der Waals surface area contributed by atoms with E-state index in [1.54, 1.807) is 0 Å². The van der Waals surface area contributed by atoms with Crippen LogP contribution in [0, 0.1) is 34.6 Å². The lowest BCUT2D eigenvalue weighted by atomic mass is 9.96. The van der Waals surface area contributed by atoms with Crippen molar-refractivity contribution >= 4 is 11.3 Å². The molecular formula is C15H21NOS. The van der Waals surface area contributed by atoms with E-state index in [4.69, 9.17) is 4.42 Å². The number of hydrogen-bond donors (Lipinski definition) is 1. The van der Waals surface area contributed by atoms with E-state index in [1.807, 2.05) is 32.2 Å². The number of hydrogen-bond acceptors (Lipinski definition) is 3. The van der Waals surface area contributed by atoms with Gasteiger partial charge in [0.1, 0.15) is 11.5 Å². The summed E-state index contributed by atoms with van der Waals surface area (Å²) in [4.78, 5) is 2.74. The van der Waals surface area contributed by atoms with Gasteiger partial charge >= 0.3 is 0 Å². The van der Waals surface area contributed by atoms with Crippen LogP contribution in [-0.4, -0.2) is 7.05 Å². The second kappa shape index (κ2) is 4.90. The zero-order valence-electron chi connectivity index (χ0n) is 12.0. The third kappa shape index (κ3) is 2.13. The highest BCUT2D eigenvalue weighted by molar-refractivity contribution is 7.12. The number of aryl methyl sites for hydroxylation is 4. The zero-order chi connectivity index (χ0) is 13.4. The maximum absolute atomic E-state index is 5.76. The second-order valence-corrected chi connectivity index (χ2v) is 6.30. The van der Waals surface area contributed by atoms with Gasteiger partial charge in [0.15, 0.2) is 0 Å². The van der Waals surface area contributed by atoms with Crippen molar-refractivity contribution in [3.8, 4) is 0 Å². The van der Waals surface area contributed by atoms with Crippen molar-refractivity contribution in [2.24, 2.45) is 0 Å². The molecule has 98 valence electrons. The van der Waals surface area contributed by atoms with E-state index in [2.05, 4.69) is 32.2 Å². The molecule has 0 aromatic carbocycles. The summed E-state index contributed by atoms with van der Waals surface area (Å²) >= 11 is 1.86.